The van der Waals surface area contributed by atoms with Gasteiger partial charge in [-0.25, -0.2) is 4.39 Å². The predicted octanol–water partition coefficient (Wildman–Crippen LogP) is 2.31. The van der Waals surface area contributed by atoms with Gasteiger partial charge in [-0.1, -0.05) is 6.07 Å². The summed E-state index contributed by atoms with van der Waals surface area (Å²) in [4.78, 5) is 16.9. The molecule has 1 aromatic carbocycles. The largest absolute Gasteiger partial charge is 0.316 e. The van der Waals surface area contributed by atoms with Gasteiger partial charge in [-0.2, -0.15) is 0 Å². The second-order valence-corrected chi connectivity index (χ2v) is 6.73. The maximum atomic E-state index is 14.2. The van der Waals surface area contributed by atoms with Crippen LogP contribution in [0.15, 0.2) is 18.2 Å². The van der Waals surface area contributed by atoms with Gasteiger partial charge in [0.05, 0.1) is 11.7 Å². The van der Waals surface area contributed by atoms with Gasteiger partial charge in [0.2, 0.25) is 5.91 Å². The highest BCUT2D eigenvalue weighted by Gasteiger charge is 2.36. The van der Waals surface area contributed by atoms with Crippen LogP contribution < -0.4 is 10.2 Å². The first-order chi connectivity index (χ1) is 11.1. The Bertz CT molecular complexity index is 577. The van der Waals surface area contributed by atoms with Gasteiger partial charge in [-0.3, -0.25) is 9.69 Å². The number of halogens is 1. The molecule has 2 atom stereocenters. The summed E-state index contributed by atoms with van der Waals surface area (Å²) >= 11 is 0. The third-order valence-electron chi connectivity index (χ3n) is 5.10. The monoisotopic (exact) mass is 319 g/mol. The Balaban J connectivity index is 1.79. The average molecular weight is 319 g/mol. The van der Waals surface area contributed by atoms with E-state index in [1.165, 1.54) is 6.07 Å². The third kappa shape index (κ3) is 3.40. The second kappa shape index (κ2) is 6.97. The summed E-state index contributed by atoms with van der Waals surface area (Å²) in [5.41, 5.74) is 1.41. The van der Waals surface area contributed by atoms with Crippen molar-refractivity contribution >= 4 is 11.6 Å². The van der Waals surface area contributed by atoms with Crippen LogP contribution in [0.25, 0.3) is 0 Å². The lowest BCUT2D eigenvalue weighted by molar-refractivity contribution is -0.126. The van der Waals surface area contributed by atoms with Crippen molar-refractivity contribution in [2.75, 3.05) is 31.6 Å². The zero-order valence-corrected chi connectivity index (χ0v) is 14.0. The molecule has 2 unspecified atom stereocenters. The number of hydrogen-bond acceptors (Lipinski definition) is 3. The summed E-state index contributed by atoms with van der Waals surface area (Å²) < 4.78 is 14.2. The normalized spacial score (nSPS) is 26.6. The molecule has 3 rings (SSSR count). The molecular weight excluding hydrogens is 293 g/mol. The molecule has 5 heteroatoms. The van der Waals surface area contributed by atoms with Crippen LogP contribution in [0.3, 0.4) is 0 Å². The van der Waals surface area contributed by atoms with Crippen molar-refractivity contribution in [3.05, 3.63) is 29.6 Å². The van der Waals surface area contributed by atoms with Gasteiger partial charge in [0.15, 0.2) is 0 Å². The Hall–Kier alpha value is -1.46. The number of carbonyl (C=O) groups is 1. The maximum absolute atomic E-state index is 14.2. The van der Waals surface area contributed by atoms with E-state index in [2.05, 4.69) is 10.2 Å². The first kappa shape index (κ1) is 16.4. The quantitative estimate of drug-likeness (QED) is 0.929. The molecular formula is C18H26FN3O. The topological polar surface area (TPSA) is 35.6 Å². The van der Waals surface area contributed by atoms with E-state index < -0.39 is 0 Å². The van der Waals surface area contributed by atoms with E-state index in [1.807, 2.05) is 14.0 Å². The number of nitrogens with zero attached hydrogens (tertiary/aromatic N) is 2. The van der Waals surface area contributed by atoms with E-state index in [-0.39, 0.29) is 17.8 Å². The molecule has 1 aromatic rings. The van der Waals surface area contributed by atoms with Crippen LogP contribution in [0.4, 0.5) is 10.1 Å². The van der Waals surface area contributed by atoms with Gasteiger partial charge in [0, 0.05) is 19.1 Å². The highest BCUT2D eigenvalue weighted by Crippen LogP contribution is 2.28. The SMILES string of the molecule is CNC1CCCN(C2CCCN(c3cc(C)ccc3F)C2=O)C1. The number of likely N-dealkylation sites (N-methyl/N-ethyl adjacent to an activating group) is 1. The Morgan fingerprint density at radius 2 is 2.00 bits per heavy atom. The highest BCUT2D eigenvalue weighted by atomic mass is 19.1. The minimum Gasteiger partial charge on any atom is -0.316 e. The number of amides is 1. The molecule has 2 aliphatic rings. The van der Waals surface area contributed by atoms with Crippen LogP contribution >= 0.6 is 0 Å². The van der Waals surface area contributed by atoms with E-state index in [4.69, 9.17) is 0 Å². The van der Waals surface area contributed by atoms with Crippen molar-refractivity contribution in [2.45, 2.75) is 44.7 Å². The van der Waals surface area contributed by atoms with Gasteiger partial charge in [-0.05, 0) is 63.9 Å². The van der Waals surface area contributed by atoms with Crippen molar-refractivity contribution in [1.82, 2.24) is 10.2 Å². The van der Waals surface area contributed by atoms with Crippen molar-refractivity contribution < 1.29 is 9.18 Å². The summed E-state index contributed by atoms with van der Waals surface area (Å²) in [6.45, 7) is 4.39. The molecule has 2 fully saturated rings. The maximum Gasteiger partial charge on any atom is 0.244 e. The Morgan fingerprint density at radius 1 is 1.22 bits per heavy atom. The summed E-state index contributed by atoms with van der Waals surface area (Å²) in [6.07, 6.45) is 4.06. The molecule has 2 aliphatic heterocycles. The van der Waals surface area contributed by atoms with Crippen LogP contribution in [0.2, 0.25) is 0 Å². The number of benzene rings is 1. The Kier molecular flexibility index (Phi) is 4.97. The van der Waals surface area contributed by atoms with E-state index in [0.717, 1.165) is 44.3 Å². The van der Waals surface area contributed by atoms with Crippen molar-refractivity contribution in [1.29, 1.82) is 0 Å². The second-order valence-electron chi connectivity index (χ2n) is 6.73. The fourth-order valence-corrected chi connectivity index (χ4v) is 3.79. The van der Waals surface area contributed by atoms with E-state index in [0.29, 0.717) is 18.3 Å². The third-order valence-corrected chi connectivity index (χ3v) is 5.10. The van der Waals surface area contributed by atoms with Gasteiger partial charge >= 0.3 is 0 Å². The fourth-order valence-electron chi connectivity index (χ4n) is 3.79. The molecule has 0 spiro atoms. The Morgan fingerprint density at radius 3 is 2.78 bits per heavy atom. The minimum absolute atomic E-state index is 0.0532. The lowest BCUT2D eigenvalue weighted by Gasteiger charge is -2.42. The first-order valence-electron chi connectivity index (χ1n) is 8.59. The standard InChI is InChI=1S/C18H26FN3O/c1-13-7-8-15(19)17(11-13)22-10-4-6-16(18(22)23)21-9-3-5-14(12-21)20-2/h7-8,11,14,16,20H,3-6,9-10,12H2,1-2H3. The molecule has 0 radical (unpaired) electrons. The smallest absolute Gasteiger partial charge is 0.244 e. The zero-order valence-electron chi connectivity index (χ0n) is 14.0. The summed E-state index contributed by atoms with van der Waals surface area (Å²) in [5, 5.41) is 3.32. The molecule has 0 aromatic heterocycles. The molecule has 0 aliphatic carbocycles. The van der Waals surface area contributed by atoms with Crippen molar-refractivity contribution in [3.8, 4) is 0 Å². The molecule has 0 saturated carbocycles. The van der Waals surface area contributed by atoms with Gasteiger partial charge < -0.3 is 10.2 Å². The summed E-state index contributed by atoms with van der Waals surface area (Å²) in [5.74, 6) is -0.256. The number of aryl methyl sites for hydroxylation is 1. The van der Waals surface area contributed by atoms with Gasteiger partial charge in [-0.15, -0.1) is 0 Å². The molecule has 0 bridgehead atoms. The number of piperidine rings is 2. The molecule has 23 heavy (non-hydrogen) atoms. The Labute approximate surface area is 137 Å². The van der Waals surface area contributed by atoms with E-state index in [1.54, 1.807) is 17.0 Å². The lowest BCUT2D eigenvalue weighted by atomic mass is 9.97. The van der Waals surface area contributed by atoms with Crippen LogP contribution in [0.5, 0.6) is 0 Å². The number of anilines is 1. The van der Waals surface area contributed by atoms with Gasteiger partial charge in [0.1, 0.15) is 5.82 Å². The molecule has 1 N–H and O–H groups in total. The number of nitrogens with one attached hydrogen (secondary N) is 1. The summed E-state index contributed by atoms with van der Waals surface area (Å²) in [6, 6.07) is 5.32. The predicted molar refractivity (Wildman–Crippen MR) is 90.2 cm³/mol. The minimum atomic E-state index is -0.309. The number of carbonyl (C=O) groups excluding carboxylic acids is 1. The van der Waals surface area contributed by atoms with Crippen LogP contribution in [-0.4, -0.2) is 49.6 Å². The van der Waals surface area contributed by atoms with E-state index >= 15 is 0 Å². The molecule has 126 valence electrons. The van der Waals surface area contributed by atoms with Gasteiger partial charge in [0.25, 0.3) is 0 Å². The molecule has 1 amide bonds. The van der Waals surface area contributed by atoms with Crippen LogP contribution in [0, 0.1) is 12.7 Å². The zero-order chi connectivity index (χ0) is 16.4. The van der Waals surface area contributed by atoms with Crippen LogP contribution in [-0.2, 0) is 4.79 Å². The van der Waals surface area contributed by atoms with Crippen molar-refractivity contribution in [3.63, 3.8) is 0 Å². The number of rotatable bonds is 3. The average Bonchev–Trinajstić information content (AvgIpc) is 2.57. The summed E-state index contributed by atoms with van der Waals surface area (Å²) in [7, 11) is 1.98. The number of hydrogen-bond donors (Lipinski definition) is 1. The van der Waals surface area contributed by atoms with Crippen LogP contribution in [0.1, 0.15) is 31.2 Å². The van der Waals surface area contributed by atoms with Crippen molar-refractivity contribution in [2.24, 2.45) is 0 Å². The molecule has 2 heterocycles. The lowest BCUT2D eigenvalue weighted by Crippen LogP contribution is -2.57. The highest BCUT2D eigenvalue weighted by molar-refractivity contribution is 5.98. The van der Waals surface area contributed by atoms with E-state index in [9.17, 15) is 9.18 Å². The fraction of sp³-hybridized carbons (Fsp3) is 0.611. The number of likely N-dealkylation sites (tertiary alicyclic amines) is 1. The first-order valence-corrected chi connectivity index (χ1v) is 8.59. The molecule has 2 saturated heterocycles. The molecule has 4 nitrogen and oxygen atoms in total.